The van der Waals surface area contributed by atoms with Crippen molar-refractivity contribution in [1.29, 1.82) is 0 Å². The summed E-state index contributed by atoms with van der Waals surface area (Å²) in [5.41, 5.74) is 0. The van der Waals surface area contributed by atoms with Gasteiger partial charge in [-0.15, -0.1) is 12.4 Å². The van der Waals surface area contributed by atoms with Crippen molar-refractivity contribution in [2.24, 2.45) is 0 Å². The zero-order valence-electron chi connectivity index (χ0n) is 8.65. The number of aliphatic hydroxyl groups excluding tert-OH is 4. The second-order valence-electron chi connectivity index (χ2n) is 3.68. The first-order valence-corrected chi connectivity index (χ1v) is 4.46. The van der Waals surface area contributed by atoms with Gasteiger partial charge >= 0.3 is 0 Å². The van der Waals surface area contributed by atoms with Crippen LogP contribution in [0.25, 0.3) is 0 Å². The van der Waals surface area contributed by atoms with Crippen molar-refractivity contribution in [1.82, 2.24) is 4.90 Å². The minimum absolute atomic E-state index is 0. The third-order valence-corrected chi connectivity index (χ3v) is 2.46. The third-order valence-electron chi connectivity index (χ3n) is 2.46. The van der Waals surface area contributed by atoms with Crippen molar-refractivity contribution in [3.63, 3.8) is 0 Å². The molecule has 1 fully saturated rings. The number of ether oxygens (including phenoxy) is 1. The fourth-order valence-electron chi connectivity index (χ4n) is 1.64. The normalized spacial score (nSPS) is 41.4. The topological polar surface area (TPSA) is 93.4 Å². The highest BCUT2D eigenvalue weighted by Gasteiger charge is 2.44. The highest BCUT2D eigenvalue weighted by Crippen LogP contribution is 2.22. The van der Waals surface area contributed by atoms with E-state index < -0.39 is 37.3 Å². The van der Waals surface area contributed by atoms with Crippen LogP contribution in [0.4, 0.5) is 0 Å². The Morgan fingerprint density at radius 3 is 2.07 bits per heavy atom. The Morgan fingerprint density at radius 1 is 1.13 bits per heavy atom. The number of rotatable bonds is 2. The molecule has 1 unspecified atom stereocenters. The van der Waals surface area contributed by atoms with Crippen LogP contribution in [0.5, 0.6) is 0 Å². The van der Waals surface area contributed by atoms with E-state index >= 15 is 0 Å². The number of likely N-dealkylation sites (N-methyl/N-ethyl adjacent to an activating group) is 1. The van der Waals surface area contributed by atoms with Crippen molar-refractivity contribution in [3.8, 4) is 0 Å². The molecular weight excluding hydrogens is 226 g/mol. The average molecular weight is 244 g/mol. The van der Waals surface area contributed by atoms with E-state index in [2.05, 4.69) is 0 Å². The van der Waals surface area contributed by atoms with Crippen LogP contribution in [0.15, 0.2) is 0 Å². The Morgan fingerprint density at radius 2 is 1.67 bits per heavy atom. The lowest BCUT2D eigenvalue weighted by atomic mass is 9.96. The van der Waals surface area contributed by atoms with Crippen LogP contribution in [-0.2, 0) is 4.74 Å². The quantitative estimate of drug-likeness (QED) is 0.439. The van der Waals surface area contributed by atoms with E-state index in [4.69, 9.17) is 9.84 Å². The standard InChI is InChI=1S/C8H17NO5.ClH/c1-9(2)5-7(12)6(11)4(3-10)14-8(5)13;/h4-8,10-13H,3H2,1-2H3;1H/t4-,5-,6-,7-,8?;/m1./s1. The molecule has 0 bridgehead atoms. The maximum atomic E-state index is 9.64. The van der Waals surface area contributed by atoms with Gasteiger partial charge in [-0.25, -0.2) is 0 Å². The molecule has 1 rings (SSSR count). The van der Waals surface area contributed by atoms with Crippen molar-refractivity contribution in [2.75, 3.05) is 20.7 Å². The molecular formula is C8H18ClNO5. The van der Waals surface area contributed by atoms with Crippen LogP contribution >= 0.6 is 12.4 Å². The second kappa shape index (κ2) is 5.95. The summed E-state index contributed by atoms with van der Waals surface area (Å²) in [7, 11) is 3.32. The Labute approximate surface area is 94.5 Å². The van der Waals surface area contributed by atoms with Gasteiger partial charge in [0.05, 0.1) is 12.6 Å². The van der Waals surface area contributed by atoms with Crippen LogP contribution in [0, 0.1) is 0 Å². The summed E-state index contributed by atoms with van der Waals surface area (Å²) in [5.74, 6) is 0. The summed E-state index contributed by atoms with van der Waals surface area (Å²) < 4.78 is 4.95. The van der Waals surface area contributed by atoms with Crippen molar-refractivity contribution in [2.45, 2.75) is 30.6 Å². The molecule has 1 aliphatic heterocycles. The molecule has 1 saturated heterocycles. The van der Waals surface area contributed by atoms with Gasteiger partial charge in [-0.05, 0) is 14.1 Å². The average Bonchev–Trinajstić information content (AvgIpc) is 2.10. The molecule has 0 radical (unpaired) electrons. The van der Waals surface area contributed by atoms with E-state index in [-0.39, 0.29) is 12.4 Å². The lowest BCUT2D eigenvalue weighted by Gasteiger charge is -2.42. The largest absolute Gasteiger partial charge is 0.394 e. The predicted octanol–water partition coefficient (Wildman–Crippen LogP) is -2.23. The molecule has 92 valence electrons. The van der Waals surface area contributed by atoms with Crippen molar-refractivity contribution >= 4 is 12.4 Å². The molecule has 0 spiro atoms. The van der Waals surface area contributed by atoms with Gasteiger partial charge in [0.15, 0.2) is 6.29 Å². The highest BCUT2D eigenvalue weighted by atomic mass is 35.5. The molecule has 0 aromatic rings. The zero-order chi connectivity index (χ0) is 10.9. The van der Waals surface area contributed by atoms with Gasteiger partial charge in [-0.3, -0.25) is 4.90 Å². The van der Waals surface area contributed by atoms with E-state index in [1.54, 1.807) is 19.0 Å². The molecule has 1 aliphatic rings. The van der Waals surface area contributed by atoms with E-state index in [0.717, 1.165) is 0 Å². The van der Waals surface area contributed by atoms with Crippen LogP contribution in [-0.4, -0.2) is 76.7 Å². The van der Waals surface area contributed by atoms with Gasteiger partial charge in [-0.1, -0.05) is 0 Å². The smallest absolute Gasteiger partial charge is 0.173 e. The maximum absolute atomic E-state index is 9.64. The lowest BCUT2D eigenvalue weighted by Crippen LogP contribution is -2.62. The first kappa shape index (κ1) is 15.0. The third kappa shape index (κ3) is 3.01. The molecule has 0 aliphatic carbocycles. The van der Waals surface area contributed by atoms with Crippen LogP contribution in [0.3, 0.4) is 0 Å². The number of nitrogens with zero attached hydrogens (tertiary/aromatic N) is 1. The molecule has 0 amide bonds. The van der Waals surface area contributed by atoms with E-state index in [1.165, 1.54) is 0 Å². The summed E-state index contributed by atoms with van der Waals surface area (Å²) in [6.07, 6.45) is -4.46. The SMILES string of the molecule is CN(C)[C@H]1C(O)O[C@H](CO)[C@@H](O)[C@@H]1O.Cl. The molecule has 15 heavy (non-hydrogen) atoms. The highest BCUT2D eigenvalue weighted by molar-refractivity contribution is 5.85. The van der Waals surface area contributed by atoms with Crippen molar-refractivity contribution in [3.05, 3.63) is 0 Å². The van der Waals surface area contributed by atoms with Gasteiger partial charge < -0.3 is 25.2 Å². The molecule has 4 N–H and O–H groups in total. The molecule has 0 aromatic carbocycles. The summed E-state index contributed by atoms with van der Waals surface area (Å²) in [4.78, 5) is 1.56. The van der Waals surface area contributed by atoms with Crippen LogP contribution < -0.4 is 0 Å². The lowest BCUT2D eigenvalue weighted by molar-refractivity contribution is -0.268. The summed E-state index contributed by atoms with van der Waals surface area (Å²) in [6, 6.07) is -0.687. The molecule has 7 heteroatoms. The monoisotopic (exact) mass is 243 g/mol. The van der Waals surface area contributed by atoms with Crippen LogP contribution in [0.2, 0.25) is 0 Å². The second-order valence-corrected chi connectivity index (χ2v) is 3.68. The first-order valence-electron chi connectivity index (χ1n) is 4.46. The van der Waals surface area contributed by atoms with E-state index in [1.807, 2.05) is 0 Å². The minimum atomic E-state index is -1.21. The maximum Gasteiger partial charge on any atom is 0.173 e. The van der Waals surface area contributed by atoms with Gasteiger partial charge in [0.1, 0.15) is 18.3 Å². The molecule has 6 nitrogen and oxygen atoms in total. The molecule has 0 aromatic heterocycles. The number of aliphatic hydroxyl groups is 4. The number of hydrogen-bond acceptors (Lipinski definition) is 6. The van der Waals surface area contributed by atoms with Gasteiger partial charge in [0, 0.05) is 0 Å². The summed E-state index contributed by atoms with van der Waals surface area (Å²) >= 11 is 0. The summed E-state index contributed by atoms with van der Waals surface area (Å²) in [5, 5.41) is 37.4. The van der Waals surface area contributed by atoms with E-state index in [9.17, 15) is 15.3 Å². The summed E-state index contributed by atoms with van der Waals surface area (Å²) in [6.45, 7) is -0.435. The Kier molecular flexibility index (Phi) is 5.97. The first-order chi connectivity index (χ1) is 6.49. The number of halogens is 1. The molecule has 5 atom stereocenters. The van der Waals surface area contributed by atoms with Gasteiger partial charge in [-0.2, -0.15) is 0 Å². The predicted molar refractivity (Wildman–Crippen MR) is 54.7 cm³/mol. The Balaban J connectivity index is 0.00000196. The Hall–Kier alpha value is 0.0500. The Bertz CT molecular complexity index is 194. The van der Waals surface area contributed by atoms with Crippen molar-refractivity contribution < 1.29 is 25.2 Å². The van der Waals surface area contributed by atoms with Gasteiger partial charge in [0.2, 0.25) is 0 Å². The fourth-order valence-corrected chi connectivity index (χ4v) is 1.64. The zero-order valence-corrected chi connectivity index (χ0v) is 9.46. The molecule has 0 saturated carbocycles. The van der Waals surface area contributed by atoms with E-state index in [0.29, 0.717) is 0 Å². The van der Waals surface area contributed by atoms with Gasteiger partial charge in [0.25, 0.3) is 0 Å². The molecule has 1 heterocycles. The minimum Gasteiger partial charge on any atom is -0.394 e. The van der Waals surface area contributed by atoms with Crippen LogP contribution in [0.1, 0.15) is 0 Å². The fraction of sp³-hybridized carbons (Fsp3) is 1.00. The number of hydrogen-bond donors (Lipinski definition) is 4.